The van der Waals surface area contributed by atoms with Gasteiger partial charge in [-0.15, -0.1) is 0 Å². The molecule has 0 aromatic heterocycles. The summed E-state index contributed by atoms with van der Waals surface area (Å²) < 4.78 is 5.15. The smallest absolute Gasteiger partial charge is 0.335 e. The van der Waals surface area contributed by atoms with Crippen molar-refractivity contribution in [3.63, 3.8) is 0 Å². The highest BCUT2D eigenvalue weighted by atomic mass is 16.5. The van der Waals surface area contributed by atoms with Crippen molar-refractivity contribution in [1.82, 2.24) is 0 Å². The third kappa shape index (κ3) is 4.33. The molecular weight excluding hydrogens is 342 g/mol. The molecule has 0 atom stereocenters. The summed E-state index contributed by atoms with van der Waals surface area (Å²) >= 11 is 0. The lowest BCUT2D eigenvalue weighted by Gasteiger charge is -2.11. The van der Waals surface area contributed by atoms with E-state index in [1.54, 1.807) is 43.5 Å². The SMILES string of the molecule is COc1ccc(-c2cc(NC(=O)c3ccc(C)cc3)cc(C(=O)O)c2)cc1. The lowest BCUT2D eigenvalue weighted by Crippen LogP contribution is -2.12. The standard InChI is InChI=1S/C22H19NO4/c1-14-3-5-16(6-4-14)21(24)23-19-12-17(11-18(13-19)22(25)26)15-7-9-20(27-2)10-8-15/h3-13H,1-2H3,(H,23,24)(H,25,26). The van der Waals surface area contributed by atoms with Gasteiger partial charge >= 0.3 is 5.97 Å². The number of carboxylic acids is 1. The Morgan fingerprint density at radius 1 is 0.852 bits per heavy atom. The van der Waals surface area contributed by atoms with Crippen LogP contribution in [0.15, 0.2) is 66.7 Å². The minimum absolute atomic E-state index is 0.0996. The van der Waals surface area contributed by atoms with Crippen molar-refractivity contribution in [3.8, 4) is 16.9 Å². The van der Waals surface area contributed by atoms with Crippen LogP contribution in [0.3, 0.4) is 0 Å². The van der Waals surface area contributed by atoms with E-state index >= 15 is 0 Å². The predicted molar refractivity (Wildman–Crippen MR) is 105 cm³/mol. The van der Waals surface area contributed by atoms with E-state index < -0.39 is 5.97 Å². The normalized spacial score (nSPS) is 10.3. The number of rotatable bonds is 5. The van der Waals surface area contributed by atoms with Gasteiger partial charge in [0.05, 0.1) is 12.7 Å². The average molecular weight is 361 g/mol. The first-order valence-corrected chi connectivity index (χ1v) is 8.37. The Hall–Kier alpha value is -3.60. The number of methoxy groups -OCH3 is 1. The van der Waals surface area contributed by atoms with Gasteiger partial charge in [-0.1, -0.05) is 29.8 Å². The van der Waals surface area contributed by atoms with E-state index in [9.17, 15) is 14.7 Å². The quantitative estimate of drug-likeness (QED) is 0.695. The maximum Gasteiger partial charge on any atom is 0.335 e. The Bertz CT molecular complexity index is 976. The molecule has 2 N–H and O–H groups in total. The molecule has 3 aromatic carbocycles. The van der Waals surface area contributed by atoms with Crippen LogP contribution in [-0.4, -0.2) is 24.1 Å². The number of aromatic carboxylic acids is 1. The molecule has 0 bridgehead atoms. The molecule has 0 fully saturated rings. The van der Waals surface area contributed by atoms with Crippen molar-refractivity contribution in [1.29, 1.82) is 0 Å². The van der Waals surface area contributed by atoms with E-state index in [-0.39, 0.29) is 11.5 Å². The lowest BCUT2D eigenvalue weighted by molar-refractivity contribution is 0.0696. The summed E-state index contributed by atoms with van der Waals surface area (Å²) in [6, 6.07) is 19.2. The molecule has 0 unspecified atom stereocenters. The highest BCUT2D eigenvalue weighted by Crippen LogP contribution is 2.27. The number of ether oxygens (including phenoxy) is 1. The van der Waals surface area contributed by atoms with Crippen LogP contribution in [0.25, 0.3) is 11.1 Å². The van der Waals surface area contributed by atoms with E-state index in [1.807, 2.05) is 31.2 Å². The number of carbonyl (C=O) groups excluding carboxylic acids is 1. The van der Waals surface area contributed by atoms with E-state index in [0.717, 1.165) is 11.1 Å². The predicted octanol–water partition coefficient (Wildman–Crippen LogP) is 4.62. The number of anilines is 1. The van der Waals surface area contributed by atoms with E-state index in [2.05, 4.69) is 5.32 Å². The number of nitrogens with one attached hydrogen (secondary N) is 1. The van der Waals surface area contributed by atoms with Crippen LogP contribution >= 0.6 is 0 Å². The zero-order chi connectivity index (χ0) is 19.4. The number of hydrogen-bond acceptors (Lipinski definition) is 3. The molecule has 0 aliphatic carbocycles. The van der Waals surface area contributed by atoms with Crippen LogP contribution in [-0.2, 0) is 0 Å². The number of benzene rings is 3. The van der Waals surface area contributed by atoms with Crippen LogP contribution in [0.5, 0.6) is 5.75 Å². The summed E-state index contributed by atoms with van der Waals surface area (Å²) in [7, 11) is 1.58. The molecule has 0 saturated heterocycles. The molecule has 0 radical (unpaired) electrons. The minimum atomic E-state index is -1.06. The second-order valence-corrected chi connectivity index (χ2v) is 6.15. The molecule has 0 spiro atoms. The van der Waals surface area contributed by atoms with Gasteiger partial charge in [0.1, 0.15) is 5.75 Å². The van der Waals surface area contributed by atoms with Crippen LogP contribution in [0, 0.1) is 6.92 Å². The van der Waals surface area contributed by atoms with Gasteiger partial charge in [0.15, 0.2) is 0 Å². The van der Waals surface area contributed by atoms with Crippen LogP contribution in [0.1, 0.15) is 26.3 Å². The van der Waals surface area contributed by atoms with E-state index in [0.29, 0.717) is 22.6 Å². The summed E-state index contributed by atoms with van der Waals surface area (Å²) in [6.45, 7) is 1.94. The van der Waals surface area contributed by atoms with Crippen molar-refractivity contribution in [2.45, 2.75) is 6.92 Å². The summed E-state index contributed by atoms with van der Waals surface area (Å²) in [5, 5.41) is 12.2. The van der Waals surface area contributed by atoms with Gasteiger partial charge in [0.2, 0.25) is 0 Å². The second kappa shape index (κ2) is 7.74. The lowest BCUT2D eigenvalue weighted by atomic mass is 10.0. The van der Waals surface area contributed by atoms with Crippen molar-refractivity contribution in [3.05, 3.63) is 83.4 Å². The molecular formula is C22H19NO4. The first-order chi connectivity index (χ1) is 13.0. The summed E-state index contributed by atoms with van der Waals surface area (Å²) in [6.07, 6.45) is 0. The summed E-state index contributed by atoms with van der Waals surface area (Å²) in [5.74, 6) is -0.643. The zero-order valence-electron chi connectivity index (χ0n) is 15.0. The number of aryl methyl sites for hydroxylation is 1. The fourth-order valence-electron chi connectivity index (χ4n) is 2.68. The van der Waals surface area contributed by atoms with Crippen LogP contribution in [0.2, 0.25) is 0 Å². The van der Waals surface area contributed by atoms with Crippen molar-refractivity contribution in [2.24, 2.45) is 0 Å². The molecule has 3 aromatic rings. The van der Waals surface area contributed by atoms with Gasteiger partial charge in [-0.05, 0) is 60.5 Å². The average Bonchev–Trinajstić information content (AvgIpc) is 2.68. The minimum Gasteiger partial charge on any atom is -0.497 e. The van der Waals surface area contributed by atoms with Crippen LogP contribution in [0.4, 0.5) is 5.69 Å². The highest BCUT2D eigenvalue weighted by molar-refractivity contribution is 6.05. The van der Waals surface area contributed by atoms with Gasteiger partial charge in [-0.25, -0.2) is 4.79 Å². The molecule has 3 rings (SSSR count). The van der Waals surface area contributed by atoms with E-state index in [1.165, 1.54) is 6.07 Å². The van der Waals surface area contributed by atoms with Gasteiger partial charge < -0.3 is 15.2 Å². The third-order valence-electron chi connectivity index (χ3n) is 4.17. The second-order valence-electron chi connectivity index (χ2n) is 6.15. The molecule has 0 aliphatic rings. The molecule has 5 heteroatoms. The third-order valence-corrected chi connectivity index (χ3v) is 4.17. The maximum atomic E-state index is 12.5. The molecule has 5 nitrogen and oxygen atoms in total. The van der Waals surface area contributed by atoms with Gasteiger partial charge in [0, 0.05) is 11.3 Å². The molecule has 0 heterocycles. The van der Waals surface area contributed by atoms with Gasteiger partial charge in [-0.2, -0.15) is 0 Å². The Morgan fingerprint density at radius 3 is 2.11 bits per heavy atom. The Kier molecular flexibility index (Phi) is 5.22. The Balaban J connectivity index is 1.94. The molecule has 27 heavy (non-hydrogen) atoms. The number of amides is 1. The Morgan fingerprint density at radius 2 is 1.52 bits per heavy atom. The summed E-state index contributed by atoms with van der Waals surface area (Å²) in [4.78, 5) is 24.0. The van der Waals surface area contributed by atoms with Crippen molar-refractivity contribution in [2.75, 3.05) is 12.4 Å². The summed E-state index contributed by atoms with van der Waals surface area (Å²) in [5.41, 5.74) is 3.60. The first kappa shape index (κ1) is 18.2. The van der Waals surface area contributed by atoms with Gasteiger partial charge in [-0.3, -0.25) is 4.79 Å². The fourth-order valence-corrected chi connectivity index (χ4v) is 2.68. The highest BCUT2D eigenvalue weighted by Gasteiger charge is 2.12. The van der Waals surface area contributed by atoms with Crippen molar-refractivity contribution < 1.29 is 19.4 Å². The van der Waals surface area contributed by atoms with Crippen LogP contribution < -0.4 is 10.1 Å². The maximum absolute atomic E-state index is 12.5. The first-order valence-electron chi connectivity index (χ1n) is 8.37. The topological polar surface area (TPSA) is 75.6 Å². The molecule has 0 aliphatic heterocycles. The number of carbonyl (C=O) groups is 2. The fraction of sp³-hybridized carbons (Fsp3) is 0.0909. The molecule has 1 amide bonds. The monoisotopic (exact) mass is 361 g/mol. The molecule has 0 saturated carbocycles. The van der Waals surface area contributed by atoms with Gasteiger partial charge in [0.25, 0.3) is 5.91 Å². The number of carboxylic acid groups (broad SMARTS) is 1. The molecule has 136 valence electrons. The zero-order valence-corrected chi connectivity index (χ0v) is 15.0. The van der Waals surface area contributed by atoms with Crippen molar-refractivity contribution >= 4 is 17.6 Å². The number of hydrogen-bond donors (Lipinski definition) is 2. The van der Waals surface area contributed by atoms with E-state index in [4.69, 9.17) is 4.74 Å². The largest absolute Gasteiger partial charge is 0.497 e. The Labute approximate surface area is 157 Å².